The molecule has 5 heteroatoms. The molecule has 106 valence electrons. The quantitative estimate of drug-likeness (QED) is 0.561. The van der Waals surface area contributed by atoms with E-state index in [2.05, 4.69) is 4.99 Å². The molecule has 5 nitrogen and oxygen atoms in total. The minimum Gasteiger partial charge on any atom is -0.493 e. The molecule has 0 amide bonds. The molecule has 0 radical (unpaired) electrons. The van der Waals surface area contributed by atoms with Crippen LogP contribution in [0.1, 0.15) is 12.5 Å². The summed E-state index contributed by atoms with van der Waals surface area (Å²) < 4.78 is 20.7. The molecule has 1 rings (SSSR count). The third-order valence-corrected chi connectivity index (χ3v) is 2.72. The number of hydrogen-bond donors (Lipinski definition) is 0. The van der Waals surface area contributed by atoms with Gasteiger partial charge in [-0.3, -0.25) is 4.99 Å². The van der Waals surface area contributed by atoms with Crippen molar-refractivity contribution in [2.45, 2.75) is 19.3 Å². The van der Waals surface area contributed by atoms with E-state index >= 15 is 0 Å². The predicted molar refractivity (Wildman–Crippen MR) is 74.4 cm³/mol. The molecule has 0 heterocycles. The van der Waals surface area contributed by atoms with E-state index in [0.29, 0.717) is 11.5 Å². The van der Waals surface area contributed by atoms with Crippen molar-refractivity contribution in [3.63, 3.8) is 0 Å². The molecule has 1 aromatic rings. The molecule has 1 aromatic carbocycles. The Morgan fingerprint density at radius 1 is 1.00 bits per heavy atom. The number of hydrogen-bond acceptors (Lipinski definition) is 5. The second-order valence-electron chi connectivity index (χ2n) is 3.97. The standard InChI is InChI=1S/C14H21NO4/c1-10(14(18-4)19-5)15-9-11-6-7-12(16-2)13(8-11)17-3/h6-10,14H,1-5H3. The Balaban J connectivity index is 2.81. The van der Waals surface area contributed by atoms with Gasteiger partial charge in [-0.1, -0.05) is 0 Å². The number of benzene rings is 1. The summed E-state index contributed by atoms with van der Waals surface area (Å²) in [5, 5.41) is 0. The highest BCUT2D eigenvalue weighted by Gasteiger charge is 2.13. The van der Waals surface area contributed by atoms with Gasteiger partial charge >= 0.3 is 0 Å². The van der Waals surface area contributed by atoms with Crippen LogP contribution in [0.5, 0.6) is 11.5 Å². The van der Waals surface area contributed by atoms with E-state index in [1.54, 1.807) is 34.7 Å². The van der Waals surface area contributed by atoms with Crippen LogP contribution in [0.2, 0.25) is 0 Å². The molecular formula is C14H21NO4. The van der Waals surface area contributed by atoms with Gasteiger partial charge in [0, 0.05) is 20.4 Å². The fourth-order valence-electron chi connectivity index (χ4n) is 1.70. The Bertz CT molecular complexity index is 416. The van der Waals surface area contributed by atoms with Crippen LogP contribution in [0, 0.1) is 0 Å². The first-order chi connectivity index (χ1) is 9.15. The summed E-state index contributed by atoms with van der Waals surface area (Å²) in [7, 11) is 6.40. The van der Waals surface area contributed by atoms with E-state index in [9.17, 15) is 0 Å². The van der Waals surface area contributed by atoms with Gasteiger partial charge in [0.2, 0.25) is 0 Å². The number of methoxy groups -OCH3 is 4. The van der Waals surface area contributed by atoms with Gasteiger partial charge in [0.1, 0.15) is 0 Å². The van der Waals surface area contributed by atoms with Crippen LogP contribution in [-0.4, -0.2) is 47.0 Å². The lowest BCUT2D eigenvalue weighted by Gasteiger charge is -2.17. The minimum atomic E-state index is -0.351. The molecule has 0 aliphatic carbocycles. The van der Waals surface area contributed by atoms with Crippen LogP contribution in [0.25, 0.3) is 0 Å². The second kappa shape index (κ2) is 7.76. The summed E-state index contributed by atoms with van der Waals surface area (Å²) in [4.78, 5) is 4.40. The topological polar surface area (TPSA) is 49.3 Å². The monoisotopic (exact) mass is 267 g/mol. The fraction of sp³-hybridized carbons (Fsp3) is 0.500. The Labute approximate surface area is 114 Å². The Kier molecular flexibility index (Phi) is 6.32. The molecular weight excluding hydrogens is 246 g/mol. The molecule has 0 spiro atoms. The molecule has 1 atom stereocenters. The van der Waals surface area contributed by atoms with Crippen LogP contribution < -0.4 is 9.47 Å². The van der Waals surface area contributed by atoms with Crippen molar-refractivity contribution in [3.05, 3.63) is 23.8 Å². The van der Waals surface area contributed by atoms with Crippen molar-refractivity contribution in [1.82, 2.24) is 0 Å². The summed E-state index contributed by atoms with van der Waals surface area (Å²) >= 11 is 0. The van der Waals surface area contributed by atoms with Gasteiger partial charge in [0.05, 0.1) is 20.3 Å². The molecule has 0 saturated carbocycles. The summed E-state index contributed by atoms with van der Waals surface area (Å²) in [5.41, 5.74) is 0.926. The lowest BCUT2D eigenvalue weighted by Crippen LogP contribution is -2.25. The summed E-state index contributed by atoms with van der Waals surface area (Å²) in [6.07, 6.45) is 1.41. The summed E-state index contributed by atoms with van der Waals surface area (Å²) in [6, 6.07) is 5.52. The van der Waals surface area contributed by atoms with Gasteiger partial charge in [-0.2, -0.15) is 0 Å². The zero-order chi connectivity index (χ0) is 14.3. The van der Waals surface area contributed by atoms with Crippen molar-refractivity contribution in [3.8, 4) is 11.5 Å². The maximum absolute atomic E-state index is 5.24. The van der Waals surface area contributed by atoms with Crippen molar-refractivity contribution in [2.24, 2.45) is 4.99 Å². The van der Waals surface area contributed by atoms with E-state index in [1.165, 1.54) is 0 Å². The highest BCUT2D eigenvalue weighted by molar-refractivity contribution is 5.81. The number of aliphatic imine (C=N–C) groups is 1. The first-order valence-corrected chi connectivity index (χ1v) is 5.97. The predicted octanol–water partition coefficient (Wildman–Crippen LogP) is 2.13. The third-order valence-electron chi connectivity index (χ3n) is 2.72. The molecule has 0 aromatic heterocycles. The molecule has 0 fully saturated rings. The molecule has 0 N–H and O–H groups in total. The average molecular weight is 267 g/mol. The van der Waals surface area contributed by atoms with E-state index in [4.69, 9.17) is 18.9 Å². The first-order valence-electron chi connectivity index (χ1n) is 5.97. The summed E-state index contributed by atoms with van der Waals surface area (Å²) in [6.45, 7) is 1.93. The lowest BCUT2D eigenvalue weighted by atomic mass is 10.2. The molecule has 19 heavy (non-hydrogen) atoms. The zero-order valence-electron chi connectivity index (χ0n) is 12.0. The first kappa shape index (κ1) is 15.5. The Morgan fingerprint density at radius 2 is 1.63 bits per heavy atom. The highest BCUT2D eigenvalue weighted by Crippen LogP contribution is 2.26. The van der Waals surface area contributed by atoms with Gasteiger partial charge in [0.15, 0.2) is 17.8 Å². The largest absolute Gasteiger partial charge is 0.493 e. The van der Waals surface area contributed by atoms with E-state index in [0.717, 1.165) is 5.56 Å². The minimum absolute atomic E-state index is 0.0944. The van der Waals surface area contributed by atoms with E-state index < -0.39 is 0 Å². The SMILES string of the molecule is COc1ccc(C=NC(C)C(OC)OC)cc1OC. The van der Waals surface area contributed by atoms with E-state index in [1.807, 2.05) is 25.1 Å². The van der Waals surface area contributed by atoms with Crippen molar-refractivity contribution in [1.29, 1.82) is 0 Å². The molecule has 0 aliphatic rings. The third kappa shape index (κ3) is 4.22. The molecule has 1 unspecified atom stereocenters. The van der Waals surface area contributed by atoms with Crippen molar-refractivity contribution < 1.29 is 18.9 Å². The van der Waals surface area contributed by atoms with Gasteiger partial charge in [0.25, 0.3) is 0 Å². The second-order valence-corrected chi connectivity index (χ2v) is 3.97. The number of ether oxygens (including phenoxy) is 4. The van der Waals surface area contributed by atoms with Gasteiger partial charge in [-0.05, 0) is 30.7 Å². The van der Waals surface area contributed by atoms with Crippen LogP contribution in [0.3, 0.4) is 0 Å². The Hall–Kier alpha value is -1.59. The molecule has 0 bridgehead atoms. The van der Waals surface area contributed by atoms with Crippen LogP contribution in [0.15, 0.2) is 23.2 Å². The van der Waals surface area contributed by atoms with Crippen LogP contribution in [-0.2, 0) is 9.47 Å². The molecule has 0 aliphatic heterocycles. The van der Waals surface area contributed by atoms with Crippen molar-refractivity contribution >= 4 is 6.21 Å². The average Bonchev–Trinajstić information content (AvgIpc) is 2.45. The zero-order valence-corrected chi connectivity index (χ0v) is 12.0. The maximum atomic E-state index is 5.24. The van der Waals surface area contributed by atoms with Crippen molar-refractivity contribution in [2.75, 3.05) is 28.4 Å². The number of rotatable bonds is 7. The van der Waals surface area contributed by atoms with E-state index in [-0.39, 0.29) is 12.3 Å². The van der Waals surface area contributed by atoms with Gasteiger partial charge in [-0.25, -0.2) is 0 Å². The molecule has 0 saturated heterocycles. The van der Waals surface area contributed by atoms with Crippen LogP contribution >= 0.6 is 0 Å². The lowest BCUT2D eigenvalue weighted by molar-refractivity contribution is -0.112. The van der Waals surface area contributed by atoms with Gasteiger partial charge in [-0.15, -0.1) is 0 Å². The normalized spacial score (nSPS) is 12.9. The van der Waals surface area contributed by atoms with Gasteiger partial charge < -0.3 is 18.9 Å². The summed E-state index contributed by atoms with van der Waals surface area (Å²) in [5.74, 6) is 1.37. The van der Waals surface area contributed by atoms with Crippen LogP contribution in [0.4, 0.5) is 0 Å². The fourth-order valence-corrected chi connectivity index (χ4v) is 1.70. The Morgan fingerprint density at radius 3 is 2.16 bits per heavy atom. The number of nitrogens with zero attached hydrogens (tertiary/aromatic N) is 1. The highest BCUT2D eigenvalue weighted by atomic mass is 16.7. The smallest absolute Gasteiger partial charge is 0.178 e. The maximum Gasteiger partial charge on any atom is 0.178 e.